The first-order valence-corrected chi connectivity index (χ1v) is 13.2. The summed E-state index contributed by atoms with van der Waals surface area (Å²) < 4.78 is 16.3. The average molecular weight is 477 g/mol. The van der Waals surface area contributed by atoms with Crippen molar-refractivity contribution in [3.05, 3.63) is 59.8 Å². The van der Waals surface area contributed by atoms with E-state index in [-0.39, 0.29) is 11.9 Å². The van der Waals surface area contributed by atoms with Crippen LogP contribution < -0.4 is 0 Å². The second-order valence-electron chi connectivity index (χ2n) is 10.6. The number of hydrogen-bond donors (Lipinski definition) is 0. The normalized spacial score (nSPS) is 21.5. The molecule has 3 heterocycles. The van der Waals surface area contributed by atoms with Crippen molar-refractivity contribution in [1.29, 1.82) is 0 Å². The average Bonchev–Trinajstić information content (AvgIpc) is 3.28. The molecular formula is C29H37FN4O. The van der Waals surface area contributed by atoms with E-state index in [1.54, 1.807) is 18.0 Å². The van der Waals surface area contributed by atoms with Crippen LogP contribution >= 0.6 is 0 Å². The standard InChI is InChI=1S/C29H37FN4O/c1-20(2)32(3)29(35)25-17-22(30)9-12-27(25)34-19-26(24-13-14-31-18-28(24)34)21-7-10-23(11-8-21)33-15-5-4-6-16-33/h9,12-14,17-21,23H,4-8,10-11,15-16H2,1-3H3/t21-,23-. The highest BCUT2D eigenvalue weighted by atomic mass is 19.1. The maximum absolute atomic E-state index is 14.3. The van der Waals surface area contributed by atoms with Crippen molar-refractivity contribution in [3.63, 3.8) is 0 Å². The Kier molecular flexibility index (Phi) is 6.92. The minimum atomic E-state index is -0.403. The van der Waals surface area contributed by atoms with Gasteiger partial charge in [-0.3, -0.25) is 9.78 Å². The van der Waals surface area contributed by atoms with Crippen LogP contribution in [0.3, 0.4) is 0 Å². The molecule has 0 bridgehead atoms. The molecule has 0 atom stereocenters. The first-order valence-electron chi connectivity index (χ1n) is 13.2. The van der Waals surface area contributed by atoms with Crippen molar-refractivity contribution >= 4 is 16.8 Å². The Morgan fingerprint density at radius 3 is 2.54 bits per heavy atom. The lowest BCUT2D eigenvalue weighted by atomic mass is 9.81. The van der Waals surface area contributed by atoms with Crippen LogP contribution in [0.5, 0.6) is 0 Å². The molecule has 3 aromatic rings. The van der Waals surface area contributed by atoms with Crippen molar-refractivity contribution in [1.82, 2.24) is 19.4 Å². The monoisotopic (exact) mass is 476 g/mol. The van der Waals surface area contributed by atoms with Crippen LogP contribution in [0.25, 0.3) is 16.6 Å². The van der Waals surface area contributed by atoms with Gasteiger partial charge in [-0.15, -0.1) is 0 Å². The highest BCUT2D eigenvalue weighted by Gasteiger charge is 2.30. The predicted molar refractivity (Wildman–Crippen MR) is 139 cm³/mol. The number of likely N-dealkylation sites (tertiary alicyclic amines) is 1. The molecule has 0 radical (unpaired) electrons. The number of rotatable bonds is 5. The van der Waals surface area contributed by atoms with Crippen molar-refractivity contribution in [2.24, 2.45) is 0 Å². The van der Waals surface area contributed by atoms with E-state index in [9.17, 15) is 9.18 Å². The molecule has 5 rings (SSSR count). The molecule has 1 saturated heterocycles. The first kappa shape index (κ1) is 24.0. The van der Waals surface area contributed by atoms with Gasteiger partial charge in [0.25, 0.3) is 5.91 Å². The van der Waals surface area contributed by atoms with Crippen molar-refractivity contribution < 1.29 is 9.18 Å². The summed E-state index contributed by atoms with van der Waals surface area (Å²) in [4.78, 5) is 22.1. The summed E-state index contributed by atoms with van der Waals surface area (Å²) in [6, 6.07) is 7.35. The Morgan fingerprint density at radius 1 is 1.09 bits per heavy atom. The molecule has 0 spiro atoms. The number of halogens is 1. The van der Waals surface area contributed by atoms with Crippen LogP contribution in [0, 0.1) is 5.82 Å². The van der Waals surface area contributed by atoms with E-state index in [0.29, 0.717) is 17.2 Å². The van der Waals surface area contributed by atoms with Crippen molar-refractivity contribution in [2.45, 2.75) is 76.8 Å². The zero-order chi connectivity index (χ0) is 24.5. The smallest absolute Gasteiger partial charge is 0.256 e. The summed E-state index contributed by atoms with van der Waals surface area (Å²) in [7, 11) is 1.77. The third-order valence-electron chi connectivity index (χ3n) is 8.23. The van der Waals surface area contributed by atoms with E-state index in [4.69, 9.17) is 0 Å². The molecule has 2 aromatic heterocycles. The SMILES string of the molecule is CC(C)N(C)C(=O)c1cc(F)ccc1-n1cc([C@H]2CC[C@H](N3CCCCC3)CC2)c2ccncc21. The van der Waals surface area contributed by atoms with Crippen LogP contribution in [0.2, 0.25) is 0 Å². The minimum absolute atomic E-state index is 0.0207. The van der Waals surface area contributed by atoms with Gasteiger partial charge in [0, 0.05) is 36.9 Å². The van der Waals surface area contributed by atoms with E-state index in [0.717, 1.165) is 11.6 Å². The minimum Gasteiger partial charge on any atom is -0.339 e. The molecule has 6 heteroatoms. The molecule has 186 valence electrons. The number of amides is 1. The highest BCUT2D eigenvalue weighted by Crippen LogP contribution is 2.40. The number of aromatic nitrogens is 2. The number of nitrogens with zero attached hydrogens (tertiary/aromatic N) is 4. The molecule has 5 nitrogen and oxygen atoms in total. The first-order chi connectivity index (χ1) is 16.9. The van der Waals surface area contributed by atoms with E-state index < -0.39 is 5.82 Å². The van der Waals surface area contributed by atoms with Gasteiger partial charge in [0.15, 0.2) is 0 Å². The maximum Gasteiger partial charge on any atom is 0.256 e. The summed E-state index contributed by atoms with van der Waals surface area (Å²) >= 11 is 0. The van der Waals surface area contributed by atoms with Crippen LogP contribution in [0.4, 0.5) is 4.39 Å². The molecule has 1 aromatic carbocycles. The summed E-state index contributed by atoms with van der Waals surface area (Å²) in [6.07, 6.45) is 14.8. The summed E-state index contributed by atoms with van der Waals surface area (Å²) in [5.41, 5.74) is 3.37. The molecule has 2 aliphatic rings. The number of pyridine rings is 1. The number of carbonyl (C=O) groups excluding carboxylic acids is 1. The van der Waals surface area contributed by atoms with Gasteiger partial charge < -0.3 is 14.4 Å². The molecule has 1 aliphatic heterocycles. The van der Waals surface area contributed by atoms with E-state index in [2.05, 4.69) is 26.7 Å². The number of carbonyl (C=O) groups is 1. The highest BCUT2D eigenvalue weighted by molar-refractivity contribution is 5.99. The Labute approximate surface area is 207 Å². The van der Waals surface area contributed by atoms with Crippen LogP contribution in [0.15, 0.2) is 42.9 Å². The third kappa shape index (κ3) is 4.73. The van der Waals surface area contributed by atoms with Crippen molar-refractivity contribution in [3.8, 4) is 5.69 Å². The van der Waals surface area contributed by atoms with Gasteiger partial charge in [0.2, 0.25) is 0 Å². The lowest BCUT2D eigenvalue weighted by molar-refractivity contribution is 0.0754. The van der Waals surface area contributed by atoms with Gasteiger partial charge in [0.1, 0.15) is 5.82 Å². The number of benzene rings is 1. The van der Waals surface area contributed by atoms with Gasteiger partial charge in [0.05, 0.1) is 23.0 Å². The molecular weight excluding hydrogens is 439 g/mol. The summed E-state index contributed by atoms with van der Waals surface area (Å²) in [5.74, 6) is -0.0935. The van der Waals surface area contributed by atoms with Gasteiger partial charge in [-0.1, -0.05) is 6.42 Å². The topological polar surface area (TPSA) is 41.4 Å². The molecule has 2 fully saturated rings. The van der Waals surface area contributed by atoms with E-state index >= 15 is 0 Å². The fourth-order valence-electron chi connectivity index (χ4n) is 5.97. The molecule has 1 amide bonds. The maximum atomic E-state index is 14.3. The van der Waals surface area contributed by atoms with Gasteiger partial charge >= 0.3 is 0 Å². The largest absolute Gasteiger partial charge is 0.339 e. The molecule has 1 saturated carbocycles. The molecule has 35 heavy (non-hydrogen) atoms. The molecule has 0 unspecified atom stereocenters. The number of piperidine rings is 1. The van der Waals surface area contributed by atoms with Gasteiger partial charge in [-0.05, 0) is 101 Å². The van der Waals surface area contributed by atoms with E-state index in [1.165, 1.54) is 81.1 Å². The Morgan fingerprint density at radius 2 is 1.83 bits per heavy atom. The van der Waals surface area contributed by atoms with Gasteiger partial charge in [-0.25, -0.2) is 4.39 Å². The molecule has 0 N–H and O–H groups in total. The van der Waals surface area contributed by atoms with Crippen molar-refractivity contribution in [2.75, 3.05) is 20.1 Å². The van der Waals surface area contributed by atoms with Crippen LogP contribution in [0.1, 0.15) is 80.6 Å². The summed E-state index contributed by atoms with van der Waals surface area (Å²) in [5, 5.41) is 1.18. The lowest BCUT2D eigenvalue weighted by Crippen LogP contribution is -2.41. The quantitative estimate of drug-likeness (QED) is 0.443. The third-order valence-corrected chi connectivity index (χ3v) is 8.23. The number of fused-ring (bicyclic) bond motifs is 1. The van der Waals surface area contributed by atoms with Crippen LogP contribution in [-0.4, -0.2) is 57.5 Å². The van der Waals surface area contributed by atoms with Crippen LogP contribution in [-0.2, 0) is 0 Å². The zero-order valence-electron chi connectivity index (χ0n) is 21.2. The number of hydrogen-bond acceptors (Lipinski definition) is 3. The van der Waals surface area contributed by atoms with Gasteiger partial charge in [-0.2, -0.15) is 0 Å². The van der Waals surface area contributed by atoms with E-state index in [1.807, 2.05) is 26.2 Å². The Hall–Kier alpha value is -2.73. The fraction of sp³-hybridized carbons (Fsp3) is 0.517. The second-order valence-corrected chi connectivity index (χ2v) is 10.6. The lowest BCUT2D eigenvalue weighted by Gasteiger charge is -2.39. The zero-order valence-corrected chi connectivity index (χ0v) is 21.2. The second kappa shape index (κ2) is 10.1. The molecule has 1 aliphatic carbocycles. The summed E-state index contributed by atoms with van der Waals surface area (Å²) in [6.45, 7) is 6.44. The predicted octanol–water partition coefficient (Wildman–Crippen LogP) is 6.16. The Balaban J connectivity index is 1.49. The fourth-order valence-corrected chi connectivity index (χ4v) is 5.97. The Bertz CT molecular complexity index is 1190.